The predicted molar refractivity (Wildman–Crippen MR) is 56.4 cm³/mol. The topological polar surface area (TPSA) is 37.8 Å². The second kappa shape index (κ2) is 4.40. The second-order valence-corrected chi connectivity index (χ2v) is 2.47. The fourth-order valence-electron chi connectivity index (χ4n) is 0.968. The first-order valence-corrected chi connectivity index (χ1v) is 4.17. The van der Waals surface area contributed by atoms with Gasteiger partial charge in [-0.1, -0.05) is 19.2 Å². The molecule has 1 aromatic rings. The monoisotopic (exact) mass is 175 g/mol. The predicted octanol–water partition coefficient (Wildman–Crippen LogP) is 2.19. The molecule has 0 spiro atoms. The maximum Gasteiger partial charge on any atom is 0.223 e. The summed E-state index contributed by atoms with van der Waals surface area (Å²) in [7, 11) is 0. The van der Waals surface area contributed by atoms with Crippen LogP contribution in [0.2, 0.25) is 0 Å². The highest BCUT2D eigenvalue weighted by atomic mass is 15.1. The molecule has 13 heavy (non-hydrogen) atoms. The summed E-state index contributed by atoms with van der Waals surface area (Å²) < 4.78 is 0. The van der Waals surface area contributed by atoms with Gasteiger partial charge in [-0.05, 0) is 13.0 Å². The molecular formula is C10H13N3. The van der Waals surface area contributed by atoms with Crippen LogP contribution in [0.5, 0.6) is 0 Å². The third-order valence-corrected chi connectivity index (χ3v) is 1.60. The minimum absolute atomic E-state index is 0.628. The van der Waals surface area contributed by atoms with Gasteiger partial charge in [0.05, 0.1) is 5.69 Å². The van der Waals surface area contributed by atoms with Gasteiger partial charge in [-0.25, -0.2) is 9.97 Å². The number of nitrogens with one attached hydrogen (secondary N) is 1. The van der Waals surface area contributed by atoms with Gasteiger partial charge in [0.1, 0.15) is 0 Å². The van der Waals surface area contributed by atoms with Gasteiger partial charge in [0.25, 0.3) is 0 Å². The van der Waals surface area contributed by atoms with Crippen LogP contribution in [0.4, 0.5) is 5.95 Å². The van der Waals surface area contributed by atoms with Gasteiger partial charge in [0.15, 0.2) is 0 Å². The highest BCUT2D eigenvalue weighted by Gasteiger charge is 1.99. The fraction of sp³-hybridized carbons (Fsp3) is 0.200. The largest absolute Gasteiger partial charge is 0.354 e. The Bertz CT molecular complexity index is 318. The van der Waals surface area contributed by atoms with Crippen LogP contribution in [0.3, 0.4) is 0 Å². The van der Waals surface area contributed by atoms with E-state index in [1.807, 2.05) is 6.92 Å². The van der Waals surface area contributed by atoms with E-state index in [0.717, 1.165) is 17.8 Å². The van der Waals surface area contributed by atoms with Crippen LogP contribution in [0, 0.1) is 0 Å². The summed E-state index contributed by atoms with van der Waals surface area (Å²) >= 11 is 0. The average Bonchev–Trinajstić information content (AvgIpc) is 2.18. The Morgan fingerprint density at radius 3 is 2.77 bits per heavy atom. The molecule has 3 nitrogen and oxygen atoms in total. The van der Waals surface area contributed by atoms with Crippen molar-refractivity contribution in [3.05, 3.63) is 30.6 Å². The zero-order chi connectivity index (χ0) is 9.68. The Hall–Kier alpha value is -1.64. The van der Waals surface area contributed by atoms with E-state index in [1.54, 1.807) is 18.3 Å². The Balaban J connectivity index is 3.05. The highest BCUT2D eigenvalue weighted by Crippen LogP contribution is 2.10. The number of aromatic nitrogens is 2. The van der Waals surface area contributed by atoms with Crippen LogP contribution >= 0.6 is 0 Å². The van der Waals surface area contributed by atoms with Crippen molar-refractivity contribution in [2.75, 3.05) is 11.9 Å². The van der Waals surface area contributed by atoms with Gasteiger partial charge >= 0.3 is 0 Å². The Morgan fingerprint density at radius 2 is 2.23 bits per heavy atom. The van der Waals surface area contributed by atoms with Crippen LogP contribution in [-0.4, -0.2) is 16.5 Å². The summed E-state index contributed by atoms with van der Waals surface area (Å²) in [6, 6.07) is 0. The van der Waals surface area contributed by atoms with E-state index in [2.05, 4.69) is 28.4 Å². The lowest BCUT2D eigenvalue weighted by molar-refractivity contribution is 1.07. The molecule has 0 aliphatic heterocycles. The summed E-state index contributed by atoms with van der Waals surface area (Å²) in [5, 5.41) is 3.03. The molecule has 1 rings (SSSR count). The van der Waals surface area contributed by atoms with E-state index in [0.29, 0.717) is 5.95 Å². The van der Waals surface area contributed by atoms with Crippen LogP contribution in [-0.2, 0) is 0 Å². The van der Waals surface area contributed by atoms with Crippen molar-refractivity contribution in [3.8, 4) is 0 Å². The zero-order valence-electron chi connectivity index (χ0n) is 7.75. The van der Waals surface area contributed by atoms with Gasteiger partial charge in [0.2, 0.25) is 5.95 Å². The molecule has 0 saturated heterocycles. The molecule has 0 aromatic carbocycles. The summed E-state index contributed by atoms with van der Waals surface area (Å²) in [6.07, 6.45) is 5.14. The molecule has 0 saturated carbocycles. The summed E-state index contributed by atoms with van der Waals surface area (Å²) in [4.78, 5) is 8.35. The van der Waals surface area contributed by atoms with Crippen molar-refractivity contribution >= 4 is 18.1 Å². The lowest BCUT2D eigenvalue weighted by Crippen LogP contribution is -2.03. The van der Waals surface area contributed by atoms with Crippen LogP contribution < -0.4 is 5.32 Å². The molecule has 0 aliphatic carbocycles. The quantitative estimate of drug-likeness (QED) is 0.762. The maximum atomic E-state index is 4.24. The minimum Gasteiger partial charge on any atom is -0.354 e. The van der Waals surface area contributed by atoms with Crippen molar-refractivity contribution in [2.24, 2.45) is 0 Å². The molecule has 0 unspecified atom stereocenters. The van der Waals surface area contributed by atoms with E-state index < -0.39 is 0 Å². The summed E-state index contributed by atoms with van der Waals surface area (Å²) in [5.41, 5.74) is 1.71. The molecule has 0 atom stereocenters. The molecule has 0 bridgehead atoms. The molecule has 1 heterocycles. The molecule has 1 aromatic heterocycles. The normalized spacial score (nSPS) is 9.31. The zero-order valence-corrected chi connectivity index (χ0v) is 7.75. The van der Waals surface area contributed by atoms with Crippen molar-refractivity contribution in [1.82, 2.24) is 9.97 Å². The molecular weight excluding hydrogens is 162 g/mol. The maximum absolute atomic E-state index is 4.24. The molecule has 0 fully saturated rings. The van der Waals surface area contributed by atoms with E-state index >= 15 is 0 Å². The fourth-order valence-corrected chi connectivity index (χ4v) is 0.968. The van der Waals surface area contributed by atoms with Gasteiger partial charge in [-0.15, -0.1) is 0 Å². The Labute approximate surface area is 78.2 Å². The van der Waals surface area contributed by atoms with Gasteiger partial charge in [-0.2, -0.15) is 0 Å². The standard InChI is InChI=1S/C10H13N3/c1-4-8-7-12-10(11-6-3)13-9(8)5-2/h4-5,7H,1-2,6H2,3H3,(H,11,12,13). The second-order valence-electron chi connectivity index (χ2n) is 2.47. The number of hydrogen-bond acceptors (Lipinski definition) is 3. The number of nitrogens with zero attached hydrogens (tertiary/aromatic N) is 2. The third kappa shape index (κ3) is 2.15. The summed E-state index contributed by atoms with van der Waals surface area (Å²) in [5.74, 6) is 0.628. The average molecular weight is 175 g/mol. The lowest BCUT2D eigenvalue weighted by atomic mass is 10.2. The molecule has 3 heteroatoms. The Kier molecular flexibility index (Phi) is 3.20. The van der Waals surface area contributed by atoms with Crippen molar-refractivity contribution in [1.29, 1.82) is 0 Å². The van der Waals surface area contributed by atoms with Gasteiger partial charge in [-0.3, -0.25) is 0 Å². The van der Waals surface area contributed by atoms with E-state index in [1.165, 1.54) is 0 Å². The summed E-state index contributed by atoms with van der Waals surface area (Å²) in [6.45, 7) is 10.1. The SMILES string of the molecule is C=Cc1cnc(NCC)nc1C=C. The smallest absolute Gasteiger partial charge is 0.223 e. The van der Waals surface area contributed by atoms with Crippen LogP contribution in [0.1, 0.15) is 18.2 Å². The van der Waals surface area contributed by atoms with Crippen molar-refractivity contribution in [3.63, 3.8) is 0 Å². The lowest BCUT2D eigenvalue weighted by Gasteiger charge is -2.03. The first-order chi connectivity index (χ1) is 6.31. The van der Waals surface area contributed by atoms with Crippen molar-refractivity contribution in [2.45, 2.75) is 6.92 Å². The van der Waals surface area contributed by atoms with Crippen LogP contribution in [0.15, 0.2) is 19.4 Å². The molecule has 0 aliphatic rings. The minimum atomic E-state index is 0.628. The van der Waals surface area contributed by atoms with E-state index in [9.17, 15) is 0 Å². The molecule has 0 radical (unpaired) electrons. The highest BCUT2D eigenvalue weighted by molar-refractivity contribution is 5.60. The molecule has 1 N–H and O–H groups in total. The van der Waals surface area contributed by atoms with Crippen LogP contribution in [0.25, 0.3) is 12.2 Å². The van der Waals surface area contributed by atoms with E-state index in [-0.39, 0.29) is 0 Å². The number of hydrogen-bond donors (Lipinski definition) is 1. The van der Waals surface area contributed by atoms with E-state index in [4.69, 9.17) is 0 Å². The first-order valence-electron chi connectivity index (χ1n) is 4.17. The molecule has 68 valence electrons. The van der Waals surface area contributed by atoms with Crippen molar-refractivity contribution < 1.29 is 0 Å². The van der Waals surface area contributed by atoms with Gasteiger partial charge in [0, 0.05) is 18.3 Å². The van der Waals surface area contributed by atoms with Gasteiger partial charge < -0.3 is 5.32 Å². The molecule has 0 amide bonds. The Morgan fingerprint density at radius 1 is 1.46 bits per heavy atom. The number of anilines is 1. The first kappa shape index (κ1) is 9.45. The number of rotatable bonds is 4. The third-order valence-electron chi connectivity index (χ3n) is 1.60.